The van der Waals surface area contributed by atoms with Crippen molar-refractivity contribution in [3.8, 4) is 5.75 Å². The first-order valence-electron chi connectivity index (χ1n) is 8.30. The molecule has 1 aliphatic rings. The van der Waals surface area contributed by atoms with E-state index in [-0.39, 0.29) is 12.4 Å². The van der Waals surface area contributed by atoms with Crippen LogP contribution in [0, 0.1) is 34.6 Å². The SMILES string of the molecule is Cc1cc(C)c(OCC(=O)c2cc(C)n(C3CC3)c2C)cc1C. The van der Waals surface area contributed by atoms with Gasteiger partial charge in [0.25, 0.3) is 0 Å². The van der Waals surface area contributed by atoms with E-state index < -0.39 is 0 Å². The maximum absolute atomic E-state index is 12.6. The molecule has 23 heavy (non-hydrogen) atoms. The van der Waals surface area contributed by atoms with Gasteiger partial charge in [-0.15, -0.1) is 0 Å². The molecule has 1 aliphatic carbocycles. The Morgan fingerprint density at radius 2 is 1.70 bits per heavy atom. The van der Waals surface area contributed by atoms with Gasteiger partial charge in [-0.05, 0) is 76.3 Å². The van der Waals surface area contributed by atoms with Gasteiger partial charge in [0, 0.05) is 23.0 Å². The molecular weight excluding hydrogens is 286 g/mol. The number of ketones is 1. The van der Waals surface area contributed by atoms with Crippen LogP contribution < -0.4 is 4.74 Å². The molecule has 0 atom stereocenters. The lowest BCUT2D eigenvalue weighted by Gasteiger charge is -2.11. The molecule has 1 heterocycles. The van der Waals surface area contributed by atoms with Crippen molar-refractivity contribution in [2.24, 2.45) is 0 Å². The summed E-state index contributed by atoms with van der Waals surface area (Å²) in [5.74, 6) is 0.861. The summed E-state index contributed by atoms with van der Waals surface area (Å²) in [6, 6.07) is 6.73. The van der Waals surface area contributed by atoms with E-state index in [9.17, 15) is 4.79 Å². The fourth-order valence-electron chi connectivity index (χ4n) is 3.26. The second kappa shape index (κ2) is 5.88. The average molecular weight is 311 g/mol. The second-order valence-electron chi connectivity index (χ2n) is 6.80. The third-order valence-electron chi connectivity index (χ3n) is 4.85. The van der Waals surface area contributed by atoms with Gasteiger partial charge in [0.05, 0.1) is 0 Å². The number of aryl methyl sites for hydroxylation is 4. The highest BCUT2D eigenvalue weighted by atomic mass is 16.5. The quantitative estimate of drug-likeness (QED) is 0.754. The number of nitrogens with zero attached hydrogens (tertiary/aromatic N) is 1. The number of aromatic nitrogens is 1. The van der Waals surface area contributed by atoms with Crippen molar-refractivity contribution in [1.29, 1.82) is 0 Å². The van der Waals surface area contributed by atoms with Gasteiger partial charge >= 0.3 is 0 Å². The Morgan fingerprint density at radius 1 is 1.04 bits per heavy atom. The number of hydrogen-bond acceptors (Lipinski definition) is 2. The molecule has 0 spiro atoms. The highest BCUT2D eigenvalue weighted by molar-refractivity contribution is 5.98. The average Bonchev–Trinajstić information content (AvgIpc) is 3.27. The van der Waals surface area contributed by atoms with E-state index in [1.807, 2.05) is 26.0 Å². The molecule has 3 rings (SSSR count). The lowest BCUT2D eigenvalue weighted by Crippen LogP contribution is -2.13. The predicted octanol–water partition coefficient (Wildman–Crippen LogP) is 4.63. The van der Waals surface area contributed by atoms with Crippen LogP contribution in [0.4, 0.5) is 0 Å². The summed E-state index contributed by atoms with van der Waals surface area (Å²) in [6.45, 7) is 10.4. The lowest BCUT2D eigenvalue weighted by atomic mass is 10.1. The van der Waals surface area contributed by atoms with Crippen LogP contribution in [0.2, 0.25) is 0 Å². The monoisotopic (exact) mass is 311 g/mol. The number of carbonyl (C=O) groups is 1. The van der Waals surface area contributed by atoms with E-state index in [0.29, 0.717) is 6.04 Å². The summed E-state index contributed by atoms with van der Waals surface area (Å²) in [5, 5.41) is 0. The van der Waals surface area contributed by atoms with Crippen molar-refractivity contribution in [3.05, 3.63) is 51.8 Å². The van der Waals surface area contributed by atoms with E-state index in [0.717, 1.165) is 22.6 Å². The van der Waals surface area contributed by atoms with Gasteiger partial charge in [0.2, 0.25) is 5.78 Å². The molecule has 0 radical (unpaired) electrons. The molecule has 1 saturated carbocycles. The Bertz CT molecular complexity index is 766. The Kier molecular flexibility index (Phi) is 4.05. The maximum atomic E-state index is 12.6. The lowest BCUT2D eigenvalue weighted by molar-refractivity contribution is 0.0920. The van der Waals surface area contributed by atoms with Crippen LogP contribution in [0.1, 0.15) is 57.3 Å². The van der Waals surface area contributed by atoms with E-state index in [4.69, 9.17) is 4.74 Å². The number of ether oxygens (including phenoxy) is 1. The smallest absolute Gasteiger partial charge is 0.202 e. The van der Waals surface area contributed by atoms with Crippen molar-refractivity contribution < 1.29 is 9.53 Å². The van der Waals surface area contributed by atoms with Crippen molar-refractivity contribution in [1.82, 2.24) is 4.57 Å². The molecule has 1 fully saturated rings. The topological polar surface area (TPSA) is 31.2 Å². The van der Waals surface area contributed by atoms with Crippen LogP contribution >= 0.6 is 0 Å². The molecule has 3 nitrogen and oxygen atoms in total. The van der Waals surface area contributed by atoms with Crippen molar-refractivity contribution in [2.45, 2.75) is 53.5 Å². The summed E-state index contributed by atoms with van der Waals surface area (Å²) in [7, 11) is 0. The van der Waals surface area contributed by atoms with Crippen LogP contribution in [-0.2, 0) is 0 Å². The van der Waals surface area contributed by atoms with Crippen LogP contribution in [0.25, 0.3) is 0 Å². The highest BCUT2D eigenvalue weighted by Gasteiger charge is 2.28. The molecule has 0 unspecified atom stereocenters. The maximum Gasteiger partial charge on any atom is 0.202 e. The minimum absolute atomic E-state index is 0.0580. The number of hydrogen-bond donors (Lipinski definition) is 0. The van der Waals surface area contributed by atoms with E-state index >= 15 is 0 Å². The van der Waals surface area contributed by atoms with Crippen molar-refractivity contribution in [2.75, 3.05) is 6.61 Å². The van der Waals surface area contributed by atoms with Gasteiger partial charge in [-0.25, -0.2) is 0 Å². The third-order valence-corrected chi connectivity index (χ3v) is 4.85. The highest BCUT2D eigenvalue weighted by Crippen LogP contribution is 2.38. The van der Waals surface area contributed by atoms with E-state index in [1.54, 1.807) is 0 Å². The zero-order valence-corrected chi connectivity index (χ0v) is 14.7. The molecule has 1 aromatic carbocycles. The van der Waals surface area contributed by atoms with E-state index in [2.05, 4.69) is 31.4 Å². The molecular formula is C20H25NO2. The van der Waals surface area contributed by atoms with Gasteiger partial charge in [0.1, 0.15) is 5.75 Å². The van der Waals surface area contributed by atoms with Gasteiger partial charge in [0.15, 0.2) is 6.61 Å². The predicted molar refractivity (Wildman–Crippen MR) is 92.7 cm³/mol. The molecule has 0 bridgehead atoms. The number of Topliss-reactive ketones (excluding diaryl/α,β-unsaturated/α-hetero) is 1. The number of carbonyl (C=O) groups excluding carboxylic acids is 1. The first kappa shape index (κ1) is 15.9. The Morgan fingerprint density at radius 3 is 2.35 bits per heavy atom. The summed E-state index contributed by atoms with van der Waals surface area (Å²) in [4.78, 5) is 12.6. The standard InChI is InChI=1S/C20H25NO2/c1-12-8-14(3)20(9-13(12)2)23-11-19(22)18-10-15(4)21(16(18)5)17-6-7-17/h8-10,17H,6-7,11H2,1-5H3. The molecule has 0 aliphatic heterocycles. The molecule has 3 heteroatoms. The van der Waals surface area contributed by atoms with Crippen molar-refractivity contribution in [3.63, 3.8) is 0 Å². The van der Waals surface area contributed by atoms with E-state index in [1.165, 1.54) is 29.7 Å². The van der Waals surface area contributed by atoms with Crippen LogP contribution in [0.15, 0.2) is 18.2 Å². The normalized spacial score (nSPS) is 14.1. The van der Waals surface area contributed by atoms with Crippen LogP contribution in [-0.4, -0.2) is 17.0 Å². The summed E-state index contributed by atoms with van der Waals surface area (Å²) < 4.78 is 8.11. The molecule has 2 aromatic rings. The number of rotatable bonds is 5. The first-order chi connectivity index (χ1) is 10.9. The summed E-state index contributed by atoms with van der Waals surface area (Å²) >= 11 is 0. The van der Waals surface area contributed by atoms with Gasteiger partial charge in [-0.1, -0.05) is 6.07 Å². The molecule has 0 saturated heterocycles. The van der Waals surface area contributed by atoms with Gasteiger partial charge in [-0.2, -0.15) is 0 Å². The minimum Gasteiger partial charge on any atom is -0.485 e. The first-order valence-corrected chi connectivity index (χ1v) is 8.30. The Balaban J connectivity index is 1.75. The minimum atomic E-state index is 0.0580. The number of benzene rings is 1. The van der Waals surface area contributed by atoms with Crippen molar-refractivity contribution >= 4 is 5.78 Å². The Labute approximate surface area is 138 Å². The fraction of sp³-hybridized carbons (Fsp3) is 0.450. The van der Waals surface area contributed by atoms with Gasteiger partial charge < -0.3 is 9.30 Å². The second-order valence-corrected chi connectivity index (χ2v) is 6.80. The summed E-state index contributed by atoms with van der Waals surface area (Å²) in [5.41, 5.74) is 6.56. The molecule has 122 valence electrons. The largest absolute Gasteiger partial charge is 0.485 e. The van der Waals surface area contributed by atoms with Crippen LogP contribution in [0.5, 0.6) is 5.75 Å². The fourth-order valence-corrected chi connectivity index (χ4v) is 3.26. The molecule has 0 N–H and O–H groups in total. The van der Waals surface area contributed by atoms with Gasteiger partial charge in [-0.3, -0.25) is 4.79 Å². The summed E-state index contributed by atoms with van der Waals surface area (Å²) in [6.07, 6.45) is 2.45. The third kappa shape index (κ3) is 3.05. The molecule has 1 aromatic heterocycles. The zero-order chi connectivity index (χ0) is 16.7. The Hall–Kier alpha value is -2.03. The zero-order valence-electron chi connectivity index (χ0n) is 14.7. The molecule has 0 amide bonds. The van der Waals surface area contributed by atoms with Crippen LogP contribution in [0.3, 0.4) is 0 Å².